The number of nitrogens with zero attached hydrogens (tertiary/aromatic N) is 2. The van der Waals surface area contributed by atoms with Gasteiger partial charge in [0.1, 0.15) is 11.6 Å². The molecule has 0 atom stereocenters. The average molecular weight is 258 g/mol. The minimum absolute atomic E-state index is 0.528. The maximum absolute atomic E-state index is 6.02. The second-order valence-corrected chi connectivity index (χ2v) is 4.98. The van der Waals surface area contributed by atoms with Crippen LogP contribution in [0.3, 0.4) is 0 Å². The van der Waals surface area contributed by atoms with Gasteiger partial charge in [0.05, 0.1) is 7.11 Å². The van der Waals surface area contributed by atoms with Gasteiger partial charge in [-0.25, -0.2) is 4.98 Å². The number of methoxy groups -OCH3 is 1. The van der Waals surface area contributed by atoms with E-state index in [0.717, 1.165) is 17.1 Å². The van der Waals surface area contributed by atoms with Gasteiger partial charge in [0.15, 0.2) is 5.82 Å². The van der Waals surface area contributed by atoms with Gasteiger partial charge < -0.3 is 10.5 Å². The zero-order valence-corrected chi connectivity index (χ0v) is 11.0. The van der Waals surface area contributed by atoms with E-state index in [1.54, 1.807) is 13.2 Å². The predicted octanol–water partition coefficient (Wildman–Crippen LogP) is 2.72. The number of aromatic nitrogens is 3. The van der Waals surface area contributed by atoms with Crippen molar-refractivity contribution in [3.8, 4) is 17.1 Å². The Bertz CT molecular complexity index is 573. The first-order valence-electron chi connectivity index (χ1n) is 6.64. The number of ether oxygens (including phenoxy) is 1. The van der Waals surface area contributed by atoms with Crippen molar-refractivity contribution in [1.82, 2.24) is 15.2 Å². The van der Waals surface area contributed by atoms with E-state index in [1.807, 2.05) is 12.1 Å². The molecule has 0 spiro atoms. The van der Waals surface area contributed by atoms with Crippen LogP contribution in [0.1, 0.15) is 37.4 Å². The summed E-state index contributed by atoms with van der Waals surface area (Å²) in [6.45, 7) is 0. The van der Waals surface area contributed by atoms with E-state index >= 15 is 0 Å². The number of hydrogen-bond donors (Lipinski definition) is 2. The summed E-state index contributed by atoms with van der Waals surface area (Å²) in [4.78, 5) is 4.59. The smallest absolute Gasteiger partial charge is 0.183 e. The van der Waals surface area contributed by atoms with Crippen molar-refractivity contribution in [2.45, 2.75) is 31.6 Å². The highest BCUT2D eigenvalue weighted by molar-refractivity contribution is 5.72. The number of nitrogens with one attached hydrogen (secondary N) is 1. The number of rotatable bonds is 3. The second kappa shape index (κ2) is 4.91. The van der Waals surface area contributed by atoms with Crippen LogP contribution in [-0.4, -0.2) is 22.3 Å². The molecule has 3 rings (SSSR count). The number of benzene rings is 1. The highest BCUT2D eigenvalue weighted by atomic mass is 16.5. The van der Waals surface area contributed by atoms with Crippen LogP contribution in [0, 0.1) is 0 Å². The molecule has 1 fully saturated rings. The lowest BCUT2D eigenvalue weighted by Gasteiger charge is -2.05. The van der Waals surface area contributed by atoms with E-state index in [4.69, 9.17) is 10.5 Å². The first-order chi connectivity index (χ1) is 9.28. The van der Waals surface area contributed by atoms with Crippen LogP contribution in [0.2, 0.25) is 0 Å². The van der Waals surface area contributed by atoms with E-state index in [1.165, 1.54) is 25.7 Å². The summed E-state index contributed by atoms with van der Waals surface area (Å²) >= 11 is 0. The van der Waals surface area contributed by atoms with E-state index in [9.17, 15) is 0 Å². The Morgan fingerprint density at radius 3 is 2.79 bits per heavy atom. The Morgan fingerprint density at radius 2 is 2.11 bits per heavy atom. The molecule has 1 aromatic carbocycles. The second-order valence-electron chi connectivity index (χ2n) is 4.98. The summed E-state index contributed by atoms with van der Waals surface area (Å²) in [7, 11) is 1.62. The highest BCUT2D eigenvalue weighted by Crippen LogP contribution is 2.33. The van der Waals surface area contributed by atoms with Crippen molar-refractivity contribution in [2.75, 3.05) is 12.8 Å². The molecule has 5 heteroatoms. The molecule has 0 bridgehead atoms. The molecule has 0 saturated heterocycles. The maximum Gasteiger partial charge on any atom is 0.183 e. The SMILES string of the molecule is COc1ccc(-c2n[nH]c(C3CCCC3)n2)c(N)c1. The van der Waals surface area contributed by atoms with E-state index in [2.05, 4.69) is 15.2 Å². The molecule has 3 N–H and O–H groups in total. The molecule has 1 aliphatic carbocycles. The van der Waals surface area contributed by atoms with E-state index in [-0.39, 0.29) is 0 Å². The monoisotopic (exact) mass is 258 g/mol. The lowest BCUT2D eigenvalue weighted by molar-refractivity contribution is 0.415. The number of aromatic amines is 1. The van der Waals surface area contributed by atoms with Crippen molar-refractivity contribution in [1.29, 1.82) is 0 Å². The summed E-state index contributed by atoms with van der Waals surface area (Å²) in [5, 5.41) is 7.34. The first-order valence-corrected chi connectivity index (χ1v) is 6.64. The van der Waals surface area contributed by atoms with Gasteiger partial charge in [-0.05, 0) is 25.0 Å². The minimum atomic E-state index is 0.528. The zero-order valence-electron chi connectivity index (χ0n) is 11.0. The molecule has 0 amide bonds. The molecule has 0 unspecified atom stereocenters. The van der Waals surface area contributed by atoms with Crippen LogP contribution in [-0.2, 0) is 0 Å². The molecule has 5 nitrogen and oxygen atoms in total. The molecule has 19 heavy (non-hydrogen) atoms. The fourth-order valence-corrected chi connectivity index (χ4v) is 2.65. The van der Waals surface area contributed by atoms with Gasteiger partial charge in [0.2, 0.25) is 0 Å². The van der Waals surface area contributed by atoms with Crippen molar-refractivity contribution in [3.63, 3.8) is 0 Å². The van der Waals surface area contributed by atoms with Gasteiger partial charge in [-0.15, -0.1) is 0 Å². The van der Waals surface area contributed by atoms with Gasteiger partial charge in [-0.2, -0.15) is 5.10 Å². The predicted molar refractivity (Wildman–Crippen MR) is 74.0 cm³/mol. The lowest BCUT2D eigenvalue weighted by atomic mass is 10.1. The number of H-pyrrole nitrogens is 1. The summed E-state index contributed by atoms with van der Waals surface area (Å²) < 4.78 is 5.14. The Labute approximate surface area is 112 Å². The van der Waals surface area contributed by atoms with Gasteiger partial charge >= 0.3 is 0 Å². The van der Waals surface area contributed by atoms with Crippen LogP contribution in [0.4, 0.5) is 5.69 Å². The standard InChI is InChI=1S/C14H18N4O/c1-19-10-6-7-11(12(15)8-10)14-16-13(17-18-14)9-4-2-3-5-9/h6-9H,2-5,15H2,1H3,(H,16,17,18). The van der Waals surface area contributed by atoms with E-state index < -0.39 is 0 Å². The summed E-state index contributed by atoms with van der Waals surface area (Å²) in [5.41, 5.74) is 7.50. The largest absolute Gasteiger partial charge is 0.497 e. The molecular formula is C14H18N4O. The van der Waals surface area contributed by atoms with Crippen LogP contribution < -0.4 is 10.5 Å². The van der Waals surface area contributed by atoms with Crippen LogP contribution >= 0.6 is 0 Å². The number of nitrogens with two attached hydrogens (primary N) is 1. The fourth-order valence-electron chi connectivity index (χ4n) is 2.65. The number of anilines is 1. The molecule has 0 radical (unpaired) electrons. The molecule has 1 aromatic heterocycles. The van der Waals surface area contributed by atoms with Gasteiger partial charge in [-0.3, -0.25) is 5.10 Å². The maximum atomic E-state index is 6.02. The fraction of sp³-hybridized carbons (Fsp3) is 0.429. The van der Waals surface area contributed by atoms with Crippen LogP contribution in [0.15, 0.2) is 18.2 Å². The average Bonchev–Trinajstić information content (AvgIpc) is 3.09. The van der Waals surface area contributed by atoms with Gasteiger partial charge in [0, 0.05) is 23.2 Å². The first kappa shape index (κ1) is 12.0. The number of hydrogen-bond acceptors (Lipinski definition) is 4. The third kappa shape index (κ3) is 2.28. The molecule has 0 aliphatic heterocycles. The van der Waals surface area contributed by atoms with Crippen LogP contribution in [0.25, 0.3) is 11.4 Å². The van der Waals surface area contributed by atoms with Gasteiger partial charge in [0.25, 0.3) is 0 Å². The Morgan fingerprint density at radius 1 is 1.32 bits per heavy atom. The molecule has 1 saturated carbocycles. The van der Waals surface area contributed by atoms with E-state index in [0.29, 0.717) is 17.4 Å². The Kier molecular flexibility index (Phi) is 3.11. The zero-order chi connectivity index (χ0) is 13.2. The number of nitrogen functional groups attached to an aromatic ring is 1. The molecular weight excluding hydrogens is 240 g/mol. The molecule has 1 aliphatic rings. The van der Waals surface area contributed by atoms with Crippen molar-refractivity contribution >= 4 is 5.69 Å². The lowest BCUT2D eigenvalue weighted by Crippen LogP contribution is -1.95. The van der Waals surface area contributed by atoms with Crippen molar-refractivity contribution in [3.05, 3.63) is 24.0 Å². The molecule has 2 aromatic rings. The molecule has 100 valence electrons. The topological polar surface area (TPSA) is 76.8 Å². The summed E-state index contributed by atoms with van der Waals surface area (Å²) in [5.74, 6) is 2.93. The Balaban J connectivity index is 1.89. The minimum Gasteiger partial charge on any atom is -0.497 e. The van der Waals surface area contributed by atoms with Crippen LogP contribution in [0.5, 0.6) is 5.75 Å². The molecule has 1 heterocycles. The summed E-state index contributed by atoms with van der Waals surface area (Å²) in [6, 6.07) is 5.56. The third-order valence-electron chi connectivity index (χ3n) is 3.74. The Hall–Kier alpha value is -2.04. The van der Waals surface area contributed by atoms with Crippen molar-refractivity contribution < 1.29 is 4.74 Å². The van der Waals surface area contributed by atoms with Gasteiger partial charge in [-0.1, -0.05) is 12.8 Å². The van der Waals surface area contributed by atoms with Crippen molar-refractivity contribution in [2.24, 2.45) is 0 Å². The quantitative estimate of drug-likeness (QED) is 0.830. The highest BCUT2D eigenvalue weighted by Gasteiger charge is 2.21. The summed E-state index contributed by atoms with van der Waals surface area (Å²) in [6.07, 6.45) is 4.97. The normalized spacial score (nSPS) is 15.8. The third-order valence-corrected chi connectivity index (χ3v) is 3.74.